The van der Waals surface area contributed by atoms with Gasteiger partial charge >= 0.3 is 5.97 Å². The zero-order valence-corrected chi connectivity index (χ0v) is 7.80. The van der Waals surface area contributed by atoms with Crippen molar-refractivity contribution in [1.82, 2.24) is 5.48 Å². The molecule has 0 aromatic rings. The molecular formula is C9H15NO3. The molecule has 0 aliphatic heterocycles. The molecule has 2 aliphatic rings. The van der Waals surface area contributed by atoms with E-state index in [0.29, 0.717) is 0 Å². The first kappa shape index (κ1) is 8.97. The van der Waals surface area contributed by atoms with E-state index in [-0.39, 0.29) is 16.9 Å². The Morgan fingerprint density at radius 2 is 2.00 bits per heavy atom. The van der Waals surface area contributed by atoms with Crippen LogP contribution in [0.3, 0.4) is 0 Å². The number of nitrogens with one attached hydrogen (secondary N) is 1. The number of rotatable bonds is 2. The topological polar surface area (TPSA) is 58.6 Å². The standard InChI is InChI=1S/C9H15NO3/c1-13-7(11)8-2-4-9(6-8,10-12)5-3-8/h10,12H,2-6H2,1H3. The number of ether oxygens (including phenoxy) is 1. The lowest BCUT2D eigenvalue weighted by Crippen LogP contribution is -2.38. The highest BCUT2D eigenvalue weighted by Gasteiger charge is 2.58. The second-order valence-corrected chi connectivity index (χ2v) is 4.34. The third-order valence-electron chi connectivity index (χ3n) is 3.70. The highest BCUT2D eigenvalue weighted by atomic mass is 16.5. The van der Waals surface area contributed by atoms with Crippen molar-refractivity contribution in [3.05, 3.63) is 0 Å². The quantitative estimate of drug-likeness (QED) is 0.494. The molecule has 0 spiro atoms. The van der Waals surface area contributed by atoms with Crippen molar-refractivity contribution >= 4 is 5.97 Å². The van der Waals surface area contributed by atoms with Gasteiger partial charge in [0.15, 0.2) is 0 Å². The van der Waals surface area contributed by atoms with Crippen LogP contribution in [0.2, 0.25) is 0 Å². The van der Waals surface area contributed by atoms with Gasteiger partial charge in [0.25, 0.3) is 0 Å². The molecule has 0 aromatic heterocycles. The van der Waals surface area contributed by atoms with Gasteiger partial charge in [0.1, 0.15) is 0 Å². The zero-order chi connectivity index (χ0) is 9.53. The summed E-state index contributed by atoms with van der Waals surface area (Å²) in [6, 6.07) is 0. The van der Waals surface area contributed by atoms with E-state index < -0.39 is 0 Å². The molecule has 0 aromatic carbocycles. The van der Waals surface area contributed by atoms with Crippen LogP contribution in [0.25, 0.3) is 0 Å². The maximum absolute atomic E-state index is 11.5. The van der Waals surface area contributed by atoms with Crippen molar-refractivity contribution in [1.29, 1.82) is 0 Å². The summed E-state index contributed by atoms with van der Waals surface area (Å²) in [6.07, 6.45) is 4.15. The van der Waals surface area contributed by atoms with Crippen LogP contribution in [0.15, 0.2) is 0 Å². The summed E-state index contributed by atoms with van der Waals surface area (Å²) in [6.45, 7) is 0. The summed E-state index contributed by atoms with van der Waals surface area (Å²) in [4.78, 5) is 11.5. The maximum Gasteiger partial charge on any atom is 0.311 e. The van der Waals surface area contributed by atoms with Crippen molar-refractivity contribution in [2.24, 2.45) is 5.41 Å². The van der Waals surface area contributed by atoms with Gasteiger partial charge in [-0.25, -0.2) is 0 Å². The monoisotopic (exact) mass is 185 g/mol. The van der Waals surface area contributed by atoms with Gasteiger partial charge in [-0.3, -0.25) is 4.79 Å². The lowest BCUT2D eigenvalue weighted by molar-refractivity contribution is -0.152. The average Bonchev–Trinajstić information content (AvgIpc) is 2.74. The molecule has 2 rings (SSSR count). The van der Waals surface area contributed by atoms with Gasteiger partial charge in [-0.15, -0.1) is 0 Å². The van der Waals surface area contributed by atoms with Crippen LogP contribution >= 0.6 is 0 Å². The van der Waals surface area contributed by atoms with Crippen LogP contribution < -0.4 is 5.48 Å². The Kier molecular flexibility index (Phi) is 1.85. The summed E-state index contributed by atoms with van der Waals surface area (Å²) in [5.41, 5.74) is 1.86. The Bertz CT molecular complexity index is 231. The molecule has 0 radical (unpaired) electrons. The molecule has 2 aliphatic carbocycles. The number of hydrogen-bond acceptors (Lipinski definition) is 4. The smallest absolute Gasteiger partial charge is 0.311 e. The minimum Gasteiger partial charge on any atom is -0.469 e. The Labute approximate surface area is 77.2 Å². The average molecular weight is 185 g/mol. The van der Waals surface area contributed by atoms with Crippen molar-refractivity contribution in [2.75, 3.05) is 7.11 Å². The first-order chi connectivity index (χ1) is 6.16. The molecule has 0 heterocycles. The van der Waals surface area contributed by atoms with Crippen LogP contribution in [0.4, 0.5) is 0 Å². The van der Waals surface area contributed by atoms with Gasteiger partial charge in [0, 0.05) is 5.54 Å². The van der Waals surface area contributed by atoms with Crippen LogP contribution in [0, 0.1) is 5.41 Å². The van der Waals surface area contributed by atoms with Crippen LogP contribution in [-0.4, -0.2) is 23.8 Å². The third-order valence-corrected chi connectivity index (χ3v) is 3.70. The third kappa shape index (κ3) is 1.09. The van der Waals surface area contributed by atoms with E-state index in [0.717, 1.165) is 32.1 Å². The summed E-state index contributed by atoms with van der Waals surface area (Å²) < 4.78 is 4.80. The number of hydrogen-bond donors (Lipinski definition) is 2. The summed E-state index contributed by atoms with van der Waals surface area (Å²) in [5, 5.41) is 9.01. The minimum absolute atomic E-state index is 0.109. The second kappa shape index (κ2) is 2.69. The predicted molar refractivity (Wildman–Crippen MR) is 45.2 cm³/mol. The molecule has 0 unspecified atom stereocenters. The van der Waals surface area contributed by atoms with Gasteiger partial charge in [-0.2, -0.15) is 5.48 Å². The van der Waals surface area contributed by atoms with Crippen LogP contribution in [0.1, 0.15) is 32.1 Å². The van der Waals surface area contributed by atoms with E-state index in [2.05, 4.69) is 5.48 Å². The SMILES string of the molecule is COC(=O)C12CCC(NO)(CC1)C2. The molecule has 13 heavy (non-hydrogen) atoms. The summed E-state index contributed by atoms with van der Waals surface area (Å²) in [5.74, 6) is -0.109. The number of fused-ring (bicyclic) bond motifs is 2. The minimum atomic E-state index is -0.301. The summed E-state index contributed by atoms with van der Waals surface area (Å²) >= 11 is 0. The highest BCUT2D eigenvalue weighted by molar-refractivity contribution is 5.78. The Balaban J connectivity index is 2.18. The number of methoxy groups -OCH3 is 1. The maximum atomic E-state index is 11.5. The molecular weight excluding hydrogens is 170 g/mol. The molecule has 74 valence electrons. The van der Waals surface area contributed by atoms with Gasteiger partial charge < -0.3 is 9.94 Å². The Morgan fingerprint density at radius 3 is 2.38 bits per heavy atom. The number of carbonyl (C=O) groups excluding carboxylic acids is 1. The van der Waals surface area contributed by atoms with Crippen LogP contribution in [-0.2, 0) is 9.53 Å². The molecule has 0 saturated heterocycles. The second-order valence-electron chi connectivity index (χ2n) is 4.34. The Hall–Kier alpha value is -0.610. The predicted octanol–water partition coefficient (Wildman–Crippen LogP) is 0.841. The number of esters is 1. The van der Waals surface area contributed by atoms with Gasteiger partial charge in [0.2, 0.25) is 0 Å². The summed E-state index contributed by atoms with van der Waals surface area (Å²) in [7, 11) is 1.43. The first-order valence-corrected chi connectivity index (χ1v) is 4.66. The number of carbonyl (C=O) groups is 1. The van der Waals surface area contributed by atoms with Crippen LogP contribution in [0.5, 0.6) is 0 Å². The zero-order valence-electron chi connectivity index (χ0n) is 7.80. The molecule has 2 saturated carbocycles. The fraction of sp³-hybridized carbons (Fsp3) is 0.889. The fourth-order valence-corrected chi connectivity index (χ4v) is 2.85. The van der Waals surface area contributed by atoms with Gasteiger partial charge in [0.05, 0.1) is 12.5 Å². The molecule has 0 amide bonds. The lowest BCUT2D eigenvalue weighted by atomic mass is 9.84. The van der Waals surface area contributed by atoms with E-state index in [1.807, 2.05) is 0 Å². The van der Waals surface area contributed by atoms with Crippen molar-refractivity contribution in [3.8, 4) is 0 Å². The largest absolute Gasteiger partial charge is 0.469 e. The number of hydroxylamine groups is 1. The molecule has 4 heteroatoms. The van der Waals surface area contributed by atoms with E-state index in [4.69, 9.17) is 9.94 Å². The molecule has 4 nitrogen and oxygen atoms in total. The molecule has 2 N–H and O–H groups in total. The Morgan fingerprint density at radius 1 is 1.38 bits per heavy atom. The van der Waals surface area contributed by atoms with Crippen molar-refractivity contribution in [3.63, 3.8) is 0 Å². The van der Waals surface area contributed by atoms with E-state index in [1.54, 1.807) is 0 Å². The first-order valence-electron chi connectivity index (χ1n) is 4.66. The molecule has 0 atom stereocenters. The van der Waals surface area contributed by atoms with Gasteiger partial charge in [-0.05, 0) is 32.1 Å². The normalized spacial score (nSPS) is 42.3. The van der Waals surface area contributed by atoms with E-state index in [1.165, 1.54) is 7.11 Å². The fourth-order valence-electron chi connectivity index (χ4n) is 2.85. The molecule has 2 bridgehead atoms. The van der Waals surface area contributed by atoms with Crippen molar-refractivity contribution < 1.29 is 14.7 Å². The van der Waals surface area contributed by atoms with Crippen molar-refractivity contribution in [2.45, 2.75) is 37.6 Å². The van der Waals surface area contributed by atoms with Gasteiger partial charge in [-0.1, -0.05) is 0 Å². The molecule has 2 fully saturated rings. The lowest BCUT2D eigenvalue weighted by Gasteiger charge is -2.24. The highest BCUT2D eigenvalue weighted by Crippen LogP contribution is 2.56. The van der Waals surface area contributed by atoms with E-state index >= 15 is 0 Å². The van der Waals surface area contributed by atoms with E-state index in [9.17, 15) is 4.79 Å².